The lowest BCUT2D eigenvalue weighted by Gasteiger charge is -2.05. The molecule has 0 aromatic carbocycles. The molecule has 3 aromatic rings. The van der Waals surface area contributed by atoms with Crippen molar-refractivity contribution in [3.63, 3.8) is 0 Å². The standard InChI is InChI=1S/C16H17N5O2/c1-9-10(2)19-20-13(9)8-18-16(22)14-11(3)23-21-15(14)12-5-4-6-17-7-12/h4-7H,8H2,1-3H3,(H,18,22)(H,19,20). The molecular weight excluding hydrogens is 294 g/mol. The van der Waals surface area contributed by atoms with E-state index in [4.69, 9.17) is 4.52 Å². The summed E-state index contributed by atoms with van der Waals surface area (Å²) in [6.07, 6.45) is 3.31. The topological polar surface area (TPSA) is 96.7 Å². The number of aryl methyl sites for hydroxylation is 2. The molecule has 0 spiro atoms. The molecule has 0 fully saturated rings. The highest BCUT2D eigenvalue weighted by molar-refractivity contribution is 6.00. The van der Waals surface area contributed by atoms with Gasteiger partial charge in [-0.15, -0.1) is 0 Å². The fourth-order valence-corrected chi connectivity index (χ4v) is 2.30. The highest BCUT2D eigenvalue weighted by Crippen LogP contribution is 2.24. The molecule has 0 aliphatic heterocycles. The quantitative estimate of drug-likeness (QED) is 0.770. The average Bonchev–Trinajstić information content (AvgIpc) is 3.10. The number of rotatable bonds is 4. The maximum absolute atomic E-state index is 12.5. The number of hydrogen-bond donors (Lipinski definition) is 2. The van der Waals surface area contributed by atoms with E-state index in [0.29, 0.717) is 23.6 Å². The first-order chi connectivity index (χ1) is 11.1. The molecule has 3 heterocycles. The number of aromatic nitrogens is 4. The molecule has 0 aliphatic rings. The molecule has 0 saturated carbocycles. The van der Waals surface area contributed by atoms with Gasteiger partial charge >= 0.3 is 0 Å². The molecule has 3 aromatic heterocycles. The molecule has 2 N–H and O–H groups in total. The number of nitrogens with zero attached hydrogens (tertiary/aromatic N) is 3. The lowest BCUT2D eigenvalue weighted by atomic mass is 10.1. The maximum atomic E-state index is 12.5. The molecular formula is C16H17N5O2. The van der Waals surface area contributed by atoms with Crippen molar-refractivity contribution in [1.82, 2.24) is 25.7 Å². The van der Waals surface area contributed by atoms with Crippen LogP contribution in [-0.2, 0) is 6.54 Å². The largest absolute Gasteiger partial charge is 0.360 e. The normalized spacial score (nSPS) is 10.7. The molecule has 0 unspecified atom stereocenters. The summed E-state index contributed by atoms with van der Waals surface area (Å²) in [7, 11) is 0. The van der Waals surface area contributed by atoms with Gasteiger partial charge in [-0.1, -0.05) is 5.16 Å². The Morgan fingerprint density at radius 1 is 1.35 bits per heavy atom. The number of aromatic amines is 1. The van der Waals surface area contributed by atoms with Gasteiger partial charge in [0.2, 0.25) is 0 Å². The first-order valence-electron chi connectivity index (χ1n) is 7.23. The van der Waals surface area contributed by atoms with Gasteiger partial charge in [0.1, 0.15) is 17.0 Å². The minimum atomic E-state index is -0.248. The maximum Gasteiger partial charge on any atom is 0.257 e. The number of carbonyl (C=O) groups excluding carboxylic acids is 1. The van der Waals surface area contributed by atoms with Gasteiger partial charge in [0, 0.05) is 23.7 Å². The zero-order valence-electron chi connectivity index (χ0n) is 13.2. The van der Waals surface area contributed by atoms with E-state index in [1.807, 2.05) is 19.9 Å². The first kappa shape index (κ1) is 15.0. The Labute approximate surface area is 133 Å². The van der Waals surface area contributed by atoms with Crippen LogP contribution in [0.4, 0.5) is 0 Å². The van der Waals surface area contributed by atoms with Crippen molar-refractivity contribution < 1.29 is 9.32 Å². The SMILES string of the molecule is Cc1[nH]nc(CNC(=O)c2c(-c3cccnc3)noc2C)c1C. The van der Waals surface area contributed by atoms with Crippen molar-refractivity contribution in [3.8, 4) is 11.3 Å². The molecule has 0 radical (unpaired) electrons. The van der Waals surface area contributed by atoms with E-state index < -0.39 is 0 Å². The lowest BCUT2D eigenvalue weighted by Crippen LogP contribution is -2.24. The Kier molecular flexibility index (Phi) is 3.92. The van der Waals surface area contributed by atoms with Gasteiger partial charge < -0.3 is 9.84 Å². The molecule has 7 nitrogen and oxygen atoms in total. The molecule has 23 heavy (non-hydrogen) atoms. The second-order valence-electron chi connectivity index (χ2n) is 5.31. The fourth-order valence-electron chi connectivity index (χ4n) is 2.30. The van der Waals surface area contributed by atoms with Gasteiger partial charge in [-0.25, -0.2) is 0 Å². The Bertz CT molecular complexity index is 836. The zero-order chi connectivity index (χ0) is 16.4. The summed E-state index contributed by atoms with van der Waals surface area (Å²) in [4.78, 5) is 16.6. The van der Waals surface area contributed by atoms with E-state index in [-0.39, 0.29) is 5.91 Å². The number of pyridine rings is 1. The van der Waals surface area contributed by atoms with Crippen molar-refractivity contribution in [2.24, 2.45) is 0 Å². The summed E-state index contributed by atoms with van der Waals surface area (Å²) in [5, 5.41) is 13.9. The van der Waals surface area contributed by atoms with Crippen molar-refractivity contribution in [3.05, 3.63) is 52.8 Å². The molecule has 118 valence electrons. The highest BCUT2D eigenvalue weighted by atomic mass is 16.5. The smallest absolute Gasteiger partial charge is 0.257 e. The van der Waals surface area contributed by atoms with Gasteiger partial charge in [-0.2, -0.15) is 5.10 Å². The molecule has 0 saturated heterocycles. The van der Waals surface area contributed by atoms with Crippen molar-refractivity contribution in [2.45, 2.75) is 27.3 Å². The Hall–Kier alpha value is -2.96. The van der Waals surface area contributed by atoms with E-state index >= 15 is 0 Å². The van der Waals surface area contributed by atoms with Crippen LogP contribution in [0.1, 0.15) is 33.1 Å². The van der Waals surface area contributed by atoms with Crippen LogP contribution in [0.25, 0.3) is 11.3 Å². The highest BCUT2D eigenvalue weighted by Gasteiger charge is 2.22. The van der Waals surface area contributed by atoms with Crippen LogP contribution in [0.15, 0.2) is 29.0 Å². The van der Waals surface area contributed by atoms with E-state index in [1.165, 1.54) is 0 Å². The summed E-state index contributed by atoms with van der Waals surface area (Å²) in [6.45, 7) is 5.96. The molecule has 1 amide bonds. The van der Waals surface area contributed by atoms with Crippen LogP contribution in [0.3, 0.4) is 0 Å². The summed E-state index contributed by atoms with van der Waals surface area (Å²) >= 11 is 0. The van der Waals surface area contributed by atoms with Gasteiger partial charge in [0.15, 0.2) is 0 Å². The fraction of sp³-hybridized carbons (Fsp3) is 0.250. The van der Waals surface area contributed by atoms with Crippen molar-refractivity contribution >= 4 is 5.91 Å². The third kappa shape index (κ3) is 2.85. The van der Waals surface area contributed by atoms with Crippen LogP contribution in [0.2, 0.25) is 0 Å². The van der Waals surface area contributed by atoms with E-state index in [2.05, 4.69) is 25.7 Å². The van der Waals surface area contributed by atoms with E-state index in [0.717, 1.165) is 22.5 Å². The molecule has 0 aliphatic carbocycles. The summed E-state index contributed by atoms with van der Waals surface area (Å²) in [5.74, 6) is 0.221. The molecule has 0 atom stereocenters. The zero-order valence-corrected chi connectivity index (χ0v) is 13.2. The lowest BCUT2D eigenvalue weighted by molar-refractivity contribution is 0.0949. The number of hydrogen-bond acceptors (Lipinski definition) is 5. The van der Waals surface area contributed by atoms with Gasteiger partial charge in [0.25, 0.3) is 5.91 Å². The Morgan fingerprint density at radius 3 is 2.83 bits per heavy atom. The van der Waals surface area contributed by atoms with Crippen LogP contribution in [0, 0.1) is 20.8 Å². The van der Waals surface area contributed by atoms with Crippen LogP contribution in [0.5, 0.6) is 0 Å². The van der Waals surface area contributed by atoms with Gasteiger partial charge in [-0.3, -0.25) is 14.9 Å². The van der Waals surface area contributed by atoms with Crippen LogP contribution < -0.4 is 5.32 Å². The summed E-state index contributed by atoms with van der Waals surface area (Å²) < 4.78 is 5.19. The molecule has 0 bridgehead atoms. The second-order valence-corrected chi connectivity index (χ2v) is 5.31. The summed E-state index contributed by atoms with van der Waals surface area (Å²) in [6, 6.07) is 3.62. The van der Waals surface area contributed by atoms with Crippen LogP contribution in [-0.4, -0.2) is 26.2 Å². The Morgan fingerprint density at radius 2 is 2.17 bits per heavy atom. The minimum Gasteiger partial charge on any atom is -0.360 e. The van der Waals surface area contributed by atoms with E-state index in [9.17, 15) is 4.79 Å². The van der Waals surface area contributed by atoms with Crippen LogP contribution >= 0.6 is 0 Å². The first-order valence-corrected chi connectivity index (χ1v) is 7.23. The van der Waals surface area contributed by atoms with Gasteiger partial charge in [-0.05, 0) is 38.5 Å². The molecule has 7 heteroatoms. The monoisotopic (exact) mass is 311 g/mol. The summed E-state index contributed by atoms with van der Waals surface area (Å²) in [5.41, 5.74) is 4.49. The number of amides is 1. The number of nitrogens with one attached hydrogen (secondary N) is 2. The minimum absolute atomic E-state index is 0.248. The number of H-pyrrole nitrogens is 1. The average molecular weight is 311 g/mol. The van der Waals surface area contributed by atoms with Gasteiger partial charge in [0.05, 0.1) is 12.2 Å². The second kappa shape index (κ2) is 6.04. The predicted octanol–water partition coefficient (Wildman–Crippen LogP) is 2.31. The third-order valence-corrected chi connectivity index (χ3v) is 3.80. The van der Waals surface area contributed by atoms with E-state index in [1.54, 1.807) is 25.4 Å². The number of carbonyl (C=O) groups is 1. The van der Waals surface area contributed by atoms with Crippen molar-refractivity contribution in [1.29, 1.82) is 0 Å². The Balaban J connectivity index is 1.83. The third-order valence-electron chi connectivity index (χ3n) is 3.80. The predicted molar refractivity (Wildman–Crippen MR) is 83.7 cm³/mol. The van der Waals surface area contributed by atoms with Crippen molar-refractivity contribution in [2.75, 3.05) is 0 Å². The molecule has 3 rings (SSSR count).